The Bertz CT molecular complexity index is 461. The number of benzene rings is 1. The van der Waals surface area contributed by atoms with Crippen molar-refractivity contribution in [1.82, 2.24) is 5.32 Å². The van der Waals surface area contributed by atoms with E-state index in [1.807, 2.05) is 6.07 Å². The smallest absolute Gasteiger partial charge is 0.225 e. The Morgan fingerprint density at radius 3 is 2.65 bits per heavy atom. The minimum absolute atomic E-state index is 0.180. The summed E-state index contributed by atoms with van der Waals surface area (Å²) in [6, 6.07) is 10.4. The second-order valence-electron chi connectivity index (χ2n) is 4.93. The zero-order valence-electron chi connectivity index (χ0n) is 9.91. The molecule has 1 aromatic rings. The Labute approximate surface area is 102 Å². The quantitative estimate of drug-likeness (QED) is 0.784. The molecule has 1 atom stereocenters. The van der Waals surface area contributed by atoms with E-state index in [0.29, 0.717) is 12.3 Å². The van der Waals surface area contributed by atoms with Crippen LogP contribution in [0.2, 0.25) is 0 Å². The van der Waals surface area contributed by atoms with E-state index in [-0.39, 0.29) is 5.91 Å². The van der Waals surface area contributed by atoms with E-state index in [1.54, 1.807) is 0 Å². The molecule has 88 valence electrons. The summed E-state index contributed by atoms with van der Waals surface area (Å²) in [5.74, 6) is 0.500. The molecule has 0 fully saturated rings. The number of carbonyl (C=O) groups is 1. The number of carbonyl (C=O) groups excluding carboxylic acids is 1. The van der Waals surface area contributed by atoms with E-state index in [0.717, 1.165) is 12.8 Å². The summed E-state index contributed by atoms with van der Waals surface area (Å²) in [7, 11) is 0. The summed E-state index contributed by atoms with van der Waals surface area (Å²) >= 11 is 0. The Balaban J connectivity index is 2.00. The van der Waals surface area contributed by atoms with Crippen molar-refractivity contribution in [2.75, 3.05) is 0 Å². The molecule has 1 heterocycles. The third-order valence-corrected chi connectivity index (χ3v) is 3.81. The van der Waals surface area contributed by atoms with Crippen LogP contribution in [0.4, 0.5) is 0 Å². The highest BCUT2D eigenvalue weighted by Crippen LogP contribution is 2.39. The summed E-state index contributed by atoms with van der Waals surface area (Å²) in [5, 5.41) is 3.06. The maximum Gasteiger partial charge on any atom is 0.225 e. The second-order valence-corrected chi connectivity index (χ2v) is 4.93. The highest BCUT2D eigenvalue weighted by Gasteiger charge is 2.29. The van der Waals surface area contributed by atoms with Gasteiger partial charge < -0.3 is 5.32 Å². The van der Waals surface area contributed by atoms with E-state index in [4.69, 9.17) is 0 Å². The number of hydrogen-bond acceptors (Lipinski definition) is 1. The summed E-state index contributed by atoms with van der Waals surface area (Å²) in [4.78, 5) is 11.8. The fourth-order valence-electron chi connectivity index (χ4n) is 2.99. The third-order valence-electron chi connectivity index (χ3n) is 3.81. The van der Waals surface area contributed by atoms with E-state index >= 15 is 0 Å². The predicted octanol–water partition coefficient (Wildman–Crippen LogP) is 3.12. The molecular weight excluding hydrogens is 210 g/mol. The Kier molecular flexibility index (Phi) is 2.71. The van der Waals surface area contributed by atoms with Crippen LogP contribution < -0.4 is 5.32 Å². The Hall–Kier alpha value is -1.57. The molecule has 0 unspecified atom stereocenters. The molecule has 0 bridgehead atoms. The summed E-state index contributed by atoms with van der Waals surface area (Å²) in [6.07, 6.45) is 5.28. The number of nitrogens with one attached hydrogen (secondary N) is 1. The van der Waals surface area contributed by atoms with Crippen molar-refractivity contribution in [3.8, 4) is 0 Å². The van der Waals surface area contributed by atoms with Gasteiger partial charge in [0.1, 0.15) is 0 Å². The van der Waals surface area contributed by atoms with Gasteiger partial charge in [0.25, 0.3) is 0 Å². The number of allylic oxidation sites excluding steroid dienone is 2. The lowest BCUT2D eigenvalue weighted by molar-refractivity contribution is -0.121. The molecule has 2 aliphatic rings. The zero-order chi connectivity index (χ0) is 11.7. The molecule has 0 saturated carbocycles. The van der Waals surface area contributed by atoms with Crippen molar-refractivity contribution in [2.45, 2.75) is 38.0 Å². The van der Waals surface area contributed by atoms with Crippen LogP contribution in [-0.2, 0) is 4.79 Å². The molecule has 1 amide bonds. The number of rotatable bonds is 1. The van der Waals surface area contributed by atoms with E-state index in [1.165, 1.54) is 29.7 Å². The van der Waals surface area contributed by atoms with Gasteiger partial charge in [0, 0.05) is 18.0 Å². The molecule has 0 aromatic heterocycles. The zero-order valence-corrected chi connectivity index (χ0v) is 9.91. The van der Waals surface area contributed by atoms with E-state index < -0.39 is 0 Å². The molecule has 1 aliphatic carbocycles. The average Bonchev–Trinajstić information content (AvgIpc) is 2.39. The minimum atomic E-state index is 0.180. The number of hydrogen-bond donors (Lipinski definition) is 1. The van der Waals surface area contributed by atoms with Crippen molar-refractivity contribution in [3.05, 3.63) is 47.2 Å². The molecule has 3 rings (SSSR count). The maximum atomic E-state index is 11.8. The van der Waals surface area contributed by atoms with Gasteiger partial charge in [0.05, 0.1) is 0 Å². The lowest BCUT2D eigenvalue weighted by atomic mass is 9.79. The molecule has 1 N–H and O–H groups in total. The molecule has 0 saturated heterocycles. The fourth-order valence-corrected chi connectivity index (χ4v) is 2.99. The molecule has 0 spiro atoms. The minimum Gasteiger partial charge on any atom is -0.330 e. The summed E-state index contributed by atoms with van der Waals surface area (Å²) in [5.41, 5.74) is 3.97. The van der Waals surface area contributed by atoms with Gasteiger partial charge >= 0.3 is 0 Å². The molecule has 1 aliphatic heterocycles. The SMILES string of the molecule is O=C1C[C@@H](c2ccccc2)C2=C(CCCC2)N1. The van der Waals surface area contributed by atoms with Gasteiger partial charge in [-0.05, 0) is 36.8 Å². The van der Waals surface area contributed by atoms with Crippen molar-refractivity contribution < 1.29 is 4.79 Å². The standard InChI is InChI=1S/C15H17NO/c17-15-10-13(11-6-2-1-3-7-11)12-8-4-5-9-14(12)16-15/h1-3,6-7,13H,4-5,8-10H2,(H,16,17)/t13-/m0/s1. The van der Waals surface area contributed by atoms with E-state index in [2.05, 4.69) is 29.6 Å². The van der Waals surface area contributed by atoms with Crippen molar-refractivity contribution in [3.63, 3.8) is 0 Å². The highest BCUT2D eigenvalue weighted by molar-refractivity contribution is 5.81. The predicted molar refractivity (Wildman–Crippen MR) is 67.4 cm³/mol. The summed E-state index contributed by atoms with van der Waals surface area (Å²) < 4.78 is 0. The maximum absolute atomic E-state index is 11.8. The third kappa shape index (κ3) is 1.99. The first-order valence-electron chi connectivity index (χ1n) is 6.41. The van der Waals surface area contributed by atoms with Crippen LogP contribution >= 0.6 is 0 Å². The normalized spacial score (nSPS) is 24.2. The summed E-state index contributed by atoms with van der Waals surface area (Å²) in [6.45, 7) is 0. The van der Waals surface area contributed by atoms with Crippen LogP contribution in [0, 0.1) is 0 Å². The van der Waals surface area contributed by atoms with Crippen molar-refractivity contribution in [2.24, 2.45) is 0 Å². The molecule has 0 radical (unpaired) electrons. The molecular formula is C15H17NO. The first-order valence-corrected chi connectivity index (χ1v) is 6.41. The van der Waals surface area contributed by atoms with Crippen molar-refractivity contribution >= 4 is 5.91 Å². The second kappa shape index (κ2) is 4.36. The van der Waals surface area contributed by atoms with Crippen LogP contribution in [-0.4, -0.2) is 5.91 Å². The van der Waals surface area contributed by atoms with Gasteiger partial charge in [0.2, 0.25) is 5.91 Å². The van der Waals surface area contributed by atoms with Gasteiger partial charge in [-0.25, -0.2) is 0 Å². The Morgan fingerprint density at radius 1 is 1.06 bits per heavy atom. The highest BCUT2D eigenvalue weighted by atomic mass is 16.1. The lowest BCUT2D eigenvalue weighted by Crippen LogP contribution is -2.33. The topological polar surface area (TPSA) is 29.1 Å². The van der Waals surface area contributed by atoms with Gasteiger partial charge in [-0.1, -0.05) is 30.3 Å². The van der Waals surface area contributed by atoms with Gasteiger partial charge in [0.15, 0.2) is 0 Å². The average molecular weight is 227 g/mol. The first-order chi connectivity index (χ1) is 8.34. The van der Waals surface area contributed by atoms with Crippen LogP contribution in [0.25, 0.3) is 0 Å². The Morgan fingerprint density at radius 2 is 1.82 bits per heavy atom. The monoisotopic (exact) mass is 227 g/mol. The van der Waals surface area contributed by atoms with Gasteiger partial charge in [-0.15, -0.1) is 0 Å². The van der Waals surface area contributed by atoms with E-state index in [9.17, 15) is 4.79 Å². The molecule has 17 heavy (non-hydrogen) atoms. The van der Waals surface area contributed by atoms with Gasteiger partial charge in [-0.3, -0.25) is 4.79 Å². The van der Waals surface area contributed by atoms with Crippen LogP contribution in [0.5, 0.6) is 0 Å². The number of amides is 1. The van der Waals surface area contributed by atoms with Crippen LogP contribution in [0.3, 0.4) is 0 Å². The van der Waals surface area contributed by atoms with Gasteiger partial charge in [-0.2, -0.15) is 0 Å². The van der Waals surface area contributed by atoms with Crippen LogP contribution in [0.15, 0.2) is 41.6 Å². The molecule has 2 nitrogen and oxygen atoms in total. The fraction of sp³-hybridized carbons (Fsp3) is 0.400. The lowest BCUT2D eigenvalue weighted by Gasteiger charge is -2.32. The first kappa shape index (κ1) is 10.6. The largest absolute Gasteiger partial charge is 0.330 e. The molecule has 2 heteroatoms. The van der Waals surface area contributed by atoms with Crippen LogP contribution in [0.1, 0.15) is 43.6 Å². The van der Waals surface area contributed by atoms with Crippen molar-refractivity contribution in [1.29, 1.82) is 0 Å². The molecule has 1 aromatic carbocycles.